The van der Waals surface area contributed by atoms with E-state index in [9.17, 15) is 0 Å². The Morgan fingerprint density at radius 3 is 2.39 bits per heavy atom. The number of fused-ring (bicyclic) bond motifs is 4. The molecule has 5 saturated carbocycles. The highest BCUT2D eigenvalue weighted by Gasteiger charge is 2.77. The molecular formula is C33H58O4Si. The highest BCUT2D eigenvalue weighted by atomic mass is 28.4. The summed E-state index contributed by atoms with van der Waals surface area (Å²) in [6.45, 7) is 17.9. The van der Waals surface area contributed by atoms with Gasteiger partial charge < -0.3 is 18.6 Å². The molecule has 1 heterocycles. The summed E-state index contributed by atoms with van der Waals surface area (Å²) < 4.78 is 25.5. The second kappa shape index (κ2) is 9.54. The second-order valence-electron chi connectivity index (χ2n) is 16.3. The van der Waals surface area contributed by atoms with Crippen LogP contribution in [0.5, 0.6) is 0 Å². The normalized spacial score (nSPS) is 52.3. The zero-order valence-electron chi connectivity index (χ0n) is 26.1. The van der Waals surface area contributed by atoms with Gasteiger partial charge in [-0.25, -0.2) is 0 Å². The van der Waals surface area contributed by atoms with Gasteiger partial charge in [0.05, 0.1) is 18.3 Å². The van der Waals surface area contributed by atoms with Gasteiger partial charge in [0.2, 0.25) is 0 Å². The van der Waals surface area contributed by atoms with Gasteiger partial charge in [-0.2, -0.15) is 0 Å². The summed E-state index contributed by atoms with van der Waals surface area (Å²) >= 11 is 0. The smallest absolute Gasteiger partial charge is 0.187 e. The molecule has 6 aliphatic rings. The van der Waals surface area contributed by atoms with Crippen LogP contribution in [0.1, 0.15) is 86.0 Å². The molecule has 0 aromatic rings. The van der Waals surface area contributed by atoms with Gasteiger partial charge >= 0.3 is 0 Å². The number of hydrogen-bond donors (Lipinski definition) is 0. The summed E-state index contributed by atoms with van der Waals surface area (Å²) in [5.41, 5.74) is 1.42. The Balaban J connectivity index is 1.27. The molecule has 0 bridgehead atoms. The fourth-order valence-corrected chi connectivity index (χ4v) is 15.5. The quantitative estimate of drug-likeness (QED) is 0.230. The van der Waals surface area contributed by atoms with Gasteiger partial charge in [-0.15, -0.1) is 0 Å². The molecule has 0 radical (unpaired) electrons. The second-order valence-corrected chi connectivity index (χ2v) is 20.5. The average Bonchev–Trinajstić information content (AvgIpc) is 3.17. The lowest BCUT2D eigenvalue weighted by molar-refractivity contribution is -0.172. The molecule has 6 fully saturated rings. The number of methoxy groups -OCH3 is 2. The van der Waals surface area contributed by atoms with E-state index in [0.29, 0.717) is 52.8 Å². The Bertz CT molecular complexity index is 892. The van der Waals surface area contributed by atoms with Crippen molar-refractivity contribution in [3.05, 3.63) is 0 Å². The maximum atomic E-state index is 6.96. The Hall–Kier alpha value is 0.0569. The van der Waals surface area contributed by atoms with Gasteiger partial charge in [-0.1, -0.05) is 34.6 Å². The van der Waals surface area contributed by atoms with Gasteiger partial charge in [-0.05, 0) is 129 Å². The van der Waals surface area contributed by atoms with Crippen LogP contribution in [0, 0.1) is 63.6 Å². The van der Waals surface area contributed by atoms with Crippen molar-refractivity contribution in [2.75, 3.05) is 21.0 Å². The third-order valence-electron chi connectivity index (χ3n) is 14.2. The van der Waals surface area contributed by atoms with E-state index in [1.807, 2.05) is 7.11 Å². The highest BCUT2D eigenvalue weighted by Crippen LogP contribution is 2.82. The van der Waals surface area contributed by atoms with Crippen molar-refractivity contribution in [1.82, 2.24) is 0 Å². The van der Waals surface area contributed by atoms with Crippen molar-refractivity contribution in [1.29, 1.82) is 0 Å². The molecule has 13 atom stereocenters. The van der Waals surface area contributed by atoms with Crippen LogP contribution in [0.2, 0.25) is 19.1 Å². The van der Waals surface area contributed by atoms with Crippen LogP contribution in [-0.4, -0.2) is 47.6 Å². The van der Waals surface area contributed by atoms with E-state index in [1.54, 1.807) is 7.11 Å². The van der Waals surface area contributed by atoms with E-state index in [2.05, 4.69) is 47.7 Å². The minimum atomic E-state index is -1.66. The van der Waals surface area contributed by atoms with E-state index >= 15 is 0 Å². The SMILES string of the molecule is COCO[C@H]([C@@H](C)[C@H]1CC[C@H]2[C@@H]3C[C@@H](OC)[C@]45C[C@@H]4CC[C@]5(C)[C@H]3CC[C@]12C)[C@@H]1O[Si](C)(C)C[C@H]1C(C)C. The Labute approximate surface area is 234 Å². The third kappa shape index (κ3) is 3.87. The first-order chi connectivity index (χ1) is 17.9. The van der Waals surface area contributed by atoms with Crippen molar-refractivity contribution in [2.45, 2.75) is 123 Å². The molecular weight excluding hydrogens is 488 g/mol. The third-order valence-corrected chi connectivity index (χ3v) is 16.6. The highest BCUT2D eigenvalue weighted by molar-refractivity contribution is 6.71. The predicted octanol–water partition coefficient (Wildman–Crippen LogP) is 7.77. The summed E-state index contributed by atoms with van der Waals surface area (Å²) in [7, 11) is 2.12. The van der Waals surface area contributed by atoms with Crippen LogP contribution in [-0.2, 0) is 18.6 Å². The monoisotopic (exact) mass is 546 g/mol. The molecule has 0 aromatic heterocycles. The van der Waals surface area contributed by atoms with Gasteiger partial charge in [0, 0.05) is 19.6 Å². The molecule has 1 saturated heterocycles. The lowest BCUT2D eigenvalue weighted by Gasteiger charge is -2.61. The van der Waals surface area contributed by atoms with Crippen molar-refractivity contribution >= 4 is 8.32 Å². The molecule has 218 valence electrons. The Kier molecular flexibility index (Phi) is 7.08. The molecule has 1 spiro atoms. The fourth-order valence-electron chi connectivity index (χ4n) is 12.5. The summed E-state index contributed by atoms with van der Waals surface area (Å²) in [5.74, 6) is 5.91. The van der Waals surface area contributed by atoms with Crippen LogP contribution in [0.25, 0.3) is 0 Å². The maximum Gasteiger partial charge on any atom is 0.187 e. The Morgan fingerprint density at radius 1 is 0.974 bits per heavy atom. The minimum Gasteiger partial charge on any atom is -0.412 e. The molecule has 5 aliphatic carbocycles. The first-order valence-corrected chi connectivity index (χ1v) is 19.4. The van der Waals surface area contributed by atoms with E-state index in [4.69, 9.17) is 18.6 Å². The van der Waals surface area contributed by atoms with Crippen LogP contribution < -0.4 is 0 Å². The molecule has 5 heteroatoms. The number of rotatable bonds is 8. The minimum absolute atomic E-state index is 0.121. The van der Waals surface area contributed by atoms with Crippen LogP contribution >= 0.6 is 0 Å². The molecule has 0 aromatic carbocycles. The van der Waals surface area contributed by atoms with E-state index in [0.717, 1.165) is 23.7 Å². The van der Waals surface area contributed by atoms with Crippen molar-refractivity contribution in [2.24, 2.45) is 63.6 Å². The van der Waals surface area contributed by atoms with Crippen molar-refractivity contribution in [3.8, 4) is 0 Å². The largest absolute Gasteiger partial charge is 0.412 e. The topological polar surface area (TPSA) is 36.9 Å². The van der Waals surface area contributed by atoms with Gasteiger partial charge in [-0.3, -0.25) is 0 Å². The predicted molar refractivity (Wildman–Crippen MR) is 155 cm³/mol. The Morgan fingerprint density at radius 2 is 1.74 bits per heavy atom. The molecule has 0 N–H and O–H groups in total. The van der Waals surface area contributed by atoms with Crippen LogP contribution in [0.4, 0.5) is 0 Å². The average molecular weight is 547 g/mol. The molecule has 38 heavy (non-hydrogen) atoms. The fraction of sp³-hybridized carbons (Fsp3) is 1.00. The van der Waals surface area contributed by atoms with Crippen LogP contribution in [0.15, 0.2) is 0 Å². The van der Waals surface area contributed by atoms with E-state index < -0.39 is 8.32 Å². The summed E-state index contributed by atoms with van der Waals surface area (Å²) in [5, 5.41) is 0. The first kappa shape index (κ1) is 28.2. The number of hydrogen-bond acceptors (Lipinski definition) is 4. The number of ether oxygens (including phenoxy) is 3. The summed E-state index contributed by atoms with van der Waals surface area (Å²) in [4.78, 5) is 0. The molecule has 4 nitrogen and oxygen atoms in total. The first-order valence-electron chi connectivity index (χ1n) is 16.2. The standard InChI is InChI=1S/C33H58O4Si/c1-20(2)24-18-38(8,9)37-30(24)29(36-19-34-6)21(3)25-10-11-26-23-16-28(35-7)33-17-22(33)12-15-32(33,5)27(23)13-14-31(25,26)4/h20-30H,10-19H2,1-9H3/t21-,22-,23-,24-,25+,26-,27-,28+,29+,30+,31+,32+,33-/m0/s1. The lowest BCUT2D eigenvalue weighted by Crippen LogP contribution is -2.57. The zero-order valence-corrected chi connectivity index (χ0v) is 27.1. The molecule has 0 unspecified atom stereocenters. The molecule has 6 rings (SSSR count). The van der Waals surface area contributed by atoms with Crippen LogP contribution in [0.3, 0.4) is 0 Å². The molecule has 0 amide bonds. The van der Waals surface area contributed by atoms with E-state index in [1.165, 1.54) is 57.4 Å². The van der Waals surface area contributed by atoms with Gasteiger partial charge in [0.1, 0.15) is 6.79 Å². The lowest BCUT2D eigenvalue weighted by atomic mass is 9.45. The maximum absolute atomic E-state index is 6.96. The van der Waals surface area contributed by atoms with Crippen molar-refractivity contribution in [3.63, 3.8) is 0 Å². The summed E-state index contributed by atoms with van der Waals surface area (Å²) in [6, 6.07) is 1.25. The summed E-state index contributed by atoms with van der Waals surface area (Å²) in [6.07, 6.45) is 12.1. The van der Waals surface area contributed by atoms with E-state index in [-0.39, 0.29) is 12.2 Å². The van der Waals surface area contributed by atoms with Gasteiger partial charge in [0.25, 0.3) is 0 Å². The zero-order chi connectivity index (χ0) is 27.3. The van der Waals surface area contributed by atoms with Gasteiger partial charge in [0.15, 0.2) is 8.32 Å². The van der Waals surface area contributed by atoms with Crippen molar-refractivity contribution < 1.29 is 18.6 Å². The molecule has 1 aliphatic heterocycles.